The molecule has 118 valence electrons. The molecule has 1 aromatic rings. The Hall–Kier alpha value is -1.75. The summed E-state index contributed by atoms with van der Waals surface area (Å²) in [7, 11) is 0. The van der Waals surface area contributed by atoms with Gasteiger partial charge in [0, 0.05) is 12.2 Å². The minimum atomic E-state index is -0.362. The molecular weight excluding hydrogens is 268 g/mol. The quantitative estimate of drug-likeness (QED) is 0.755. The molecule has 1 rings (SSSR count). The van der Waals surface area contributed by atoms with Crippen molar-refractivity contribution in [2.75, 3.05) is 11.9 Å². The summed E-state index contributed by atoms with van der Waals surface area (Å²) in [6, 6.07) is 6.95. The third-order valence-electron chi connectivity index (χ3n) is 2.77. The highest BCUT2D eigenvalue weighted by molar-refractivity contribution is 5.89. The van der Waals surface area contributed by atoms with Crippen LogP contribution in [0.3, 0.4) is 0 Å². The Morgan fingerprint density at radius 1 is 1.29 bits per heavy atom. The number of hydrogen-bond donors (Lipinski definition) is 3. The lowest BCUT2D eigenvalue weighted by Crippen LogP contribution is -2.31. The van der Waals surface area contributed by atoms with Crippen molar-refractivity contribution in [2.24, 2.45) is 0 Å². The number of rotatable bonds is 6. The molecule has 0 radical (unpaired) electrons. The van der Waals surface area contributed by atoms with E-state index in [2.05, 4.69) is 10.6 Å². The summed E-state index contributed by atoms with van der Waals surface area (Å²) in [5.74, 6) is 0.763. The number of hydrogen-bond acceptors (Lipinski definition) is 3. The lowest BCUT2D eigenvalue weighted by molar-refractivity contribution is 0.131. The van der Waals surface area contributed by atoms with Crippen LogP contribution in [0.1, 0.15) is 40.5 Å². The molecule has 0 aliphatic heterocycles. The molecule has 1 aromatic carbocycles. The zero-order valence-electron chi connectivity index (χ0n) is 13.3. The van der Waals surface area contributed by atoms with E-state index >= 15 is 0 Å². The van der Waals surface area contributed by atoms with Crippen LogP contribution in [0.25, 0.3) is 0 Å². The molecule has 0 saturated heterocycles. The zero-order chi connectivity index (χ0) is 15.9. The molecule has 21 heavy (non-hydrogen) atoms. The number of aliphatic hydroxyl groups is 1. The first-order valence-corrected chi connectivity index (χ1v) is 7.32. The molecule has 0 aliphatic carbocycles. The van der Waals surface area contributed by atoms with Crippen molar-refractivity contribution in [3.63, 3.8) is 0 Å². The molecule has 1 unspecified atom stereocenters. The van der Waals surface area contributed by atoms with Gasteiger partial charge in [0.15, 0.2) is 0 Å². The molecule has 1 atom stereocenters. The number of amides is 2. The van der Waals surface area contributed by atoms with Gasteiger partial charge in [-0.2, -0.15) is 0 Å². The van der Waals surface area contributed by atoms with Gasteiger partial charge < -0.3 is 20.5 Å². The number of benzene rings is 1. The van der Waals surface area contributed by atoms with Crippen molar-refractivity contribution >= 4 is 11.7 Å². The van der Waals surface area contributed by atoms with Gasteiger partial charge in [0.1, 0.15) is 11.4 Å². The topological polar surface area (TPSA) is 70.6 Å². The number of anilines is 1. The highest BCUT2D eigenvalue weighted by Gasteiger charge is 2.11. The molecule has 0 bridgehead atoms. The van der Waals surface area contributed by atoms with Crippen molar-refractivity contribution in [1.82, 2.24) is 5.32 Å². The van der Waals surface area contributed by atoms with Crippen molar-refractivity contribution < 1.29 is 14.6 Å². The smallest absolute Gasteiger partial charge is 0.319 e. The largest absolute Gasteiger partial charge is 0.488 e. The Morgan fingerprint density at radius 2 is 1.90 bits per heavy atom. The summed E-state index contributed by atoms with van der Waals surface area (Å²) in [4.78, 5) is 11.7. The number of carbonyl (C=O) groups excluding carboxylic acids is 1. The highest BCUT2D eigenvalue weighted by atomic mass is 16.5. The number of nitrogens with one attached hydrogen (secondary N) is 2. The van der Waals surface area contributed by atoms with Gasteiger partial charge in [-0.05, 0) is 57.9 Å². The number of aliphatic hydroxyl groups excluding tert-OH is 1. The van der Waals surface area contributed by atoms with E-state index in [0.717, 1.165) is 5.75 Å². The van der Waals surface area contributed by atoms with Crippen LogP contribution in [0.4, 0.5) is 10.5 Å². The van der Waals surface area contributed by atoms with Crippen LogP contribution in [0, 0.1) is 0 Å². The lowest BCUT2D eigenvalue weighted by Gasteiger charge is -2.21. The van der Waals surface area contributed by atoms with Gasteiger partial charge in [0.05, 0.1) is 6.10 Å². The predicted molar refractivity (Wildman–Crippen MR) is 84.8 cm³/mol. The van der Waals surface area contributed by atoms with E-state index in [4.69, 9.17) is 4.74 Å². The normalized spacial score (nSPS) is 12.6. The Bertz CT molecular complexity index is 438. The van der Waals surface area contributed by atoms with E-state index in [1.54, 1.807) is 12.1 Å². The Kier molecular flexibility index (Phi) is 6.49. The predicted octanol–water partition coefficient (Wildman–Crippen LogP) is 3.15. The molecule has 0 fully saturated rings. The van der Waals surface area contributed by atoms with Gasteiger partial charge in [0.2, 0.25) is 0 Å². The summed E-state index contributed by atoms with van der Waals surface area (Å²) in [5, 5.41) is 14.8. The van der Waals surface area contributed by atoms with Crippen LogP contribution in [0.2, 0.25) is 0 Å². The summed E-state index contributed by atoms with van der Waals surface area (Å²) < 4.78 is 5.71. The van der Waals surface area contributed by atoms with E-state index < -0.39 is 0 Å². The van der Waals surface area contributed by atoms with Gasteiger partial charge in [-0.15, -0.1) is 0 Å². The molecule has 2 amide bonds. The average molecular weight is 294 g/mol. The minimum absolute atomic E-state index is 0.244. The molecule has 5 nitrogen and oxygen atoms in total. The Morgan fingerprint density at radius 3 is 2.43 bits per heavy atom. The molecule has 0 saturated carbocycles. The highest BCUT2D eigenvalue weighted by Crippen LogP contribution is 2.20. The van der Waals surface area contributed by atoms with Gasteiger partial charge in [-0.25, -0.2) is 4.79 Å². The van der Waals surface area contributed by atoms with Gasteiger partial charge in [-0.1, -0.05) is 6.92 Å². The molecular formula is C16H26N2O3. The standard InChI is InChI=1S/C16H26N2O3/c1-5-13(19)10-11-17-15(20)18-12-6-8-14(9-7-12)21-16(2,3)4/h6-9,13,19H,5,10-11H2,1-4H3,(H2,17,18,20). The number of carbonyl (C=O) groups is 1. The Balaban J connectivity index is 2.39. The fraction of sp³-hybridized carbons (Fsp3) is 0.562. The van der Waals surface area contributed by atoms with E-state index in [-0.39, 0.29) is 17.7 Å². The minimum Gasteiger partial charge on any atom is -0.488 e. The summed E-state index contributed by atoms with van der Waals surface area (Å²) in [6.07, 6.45) is 0.889. The second-order valence-corrected chi connectivity index (χ2v) is 5.97. The third kappa shape index (κ3) is 7.56. The first-order valence-electron chi connectivity index (χ1n) is 7.32. The van der Waals surface area contributed by atoms with E-state index in [9.17, 15) is 9.90 Å². The molecule has 0 spiro atoms. The van der Waals surface area contributed by atoms with Crippen LogP contribution >= 0.6 is 0 Å². The third-order valence-corrected chi connectivity index (χ3v) is 2.77. The first-order chi connectivity index (χ1) is 9.80. The van der Waals surface area contributed by atoms with Crippen LogP contribution in [0.15, 0.2) is 24.3 Å². The van der Waals surface area contributed by atoms with Crippen molar-refractivity contribution in [3.05, 3.63) is 24.3 Å². The van der Waals surface area contributed by atoms with Crippen molar-refractivity contribution in [3.8, 4) is 5.75 Å². The molecule has 0 heterocycles. The van der Waals surface area contributed by atoms with Gasteiger partial charge in [0.25, 0.3) is 0 Å². The first kappa shape index (κ1) is 17.3. The Labute approximate surface area is 126 Å². The fourth-order valence-electron chi connectivity index (χ4n) is 1.69. The molecule has 3 N–H and O–H groups in total. The fourth-order valence-corrected chi connectivity index (χ4v) is 1.69. The van der Waals surface area contributed by atoms with Crippen LogP contribution in [-0.2, 0) is 0 Å². The van der Waals surface area contributed by atoms with Crippen molar-refractivity contribution in [2.45, 2.75) is 52.2 Å². The van der Waals surface area contributed by atoms with E-state index in [0.29, 0.717) is 25.1 Å². The zero-order valence-corrected chi connectivity index (χ0v) is 13.3. The summed E-state index contributed by atoms with van der Waals surface area (Å²) >= 11 is 0. The number of ether oxygens (including phenoxy) is 1. The second-order valence-electron chi connectivity index (χ2n) is 5.97. The molecule has 0 aromatic heterocycles. The van der Waals surface area contributed by atoms with Crippen LogP contribution in [-0.4, -0.2) is 29.4 Å². The SMILES string of the molecule is CCC(O)CCNC(=O)Nc1ccc(OC(C)(C)C)cc1. The van der Waals surface area contributed by atoms with Gasteiger partial charge >= 0.3 is 6.03 Å². The van der Waals surface area contributed by atoms with Crippen LogP contribution < -0.4 is 15.4 Å². The van der Waals surface area contributed by atoms with Crippen molar-refractivity contribution in [1.29, 1.82) is 0 Å². The summed E-state index contributed by atoms with van der Waals surface area (Å²) in [5.41, 5.74) is 0.455. The number of urea groups is 1. The van der Waals surface area contributed by atoms with E-state index in [1.165, 1.54) is 0 Å². The van der Waals surface area contributed by atoms with Gasteiger partial charge in [-0.3, -0.25) is 0 Å². The maximum atomic E-state index is 11.7. The maximum absolute atomic E-state index is 11.7. The summed E-state index contributed by atoms with van der Waals surface area (Å²) in [6.45, 7) is 8.31. The monoisotopic (exact) mass is 294 g/mol. The molecule has 5 heteroatoms. The maximum Gasteiger partial charge on any atom is 0.319 e. The molecule has 0 aliphatic rings. The second kappa shape index (κ2) is 7.88. The van der Waals surface area contributed by atoms with E-state index in [1.807, 2.05) is 39.8 Å². The average Bonchev–Trinajstić information content (AvgIpc) is 2.39. The van der Waals surface area contributed by atoms with Crippen LogP contribution in [0.5, 0.6) is 5.75 Å². The lowest BCUT2D eigenvalue weighted by atomic mass is 10.2.